The summed E-state index contributed by atoms with van der Waals surface area (Å²) in [7, 11) is 0. The first kappa shape index (κ1) is 14.3. The van der Waals surface area contributed by atoms with Crippen molar-refractivity contribution >= 4 is 11.0 Å². The summed E-state index contributed by atoms with van der Waals surface area (Å²) in [6.07, 6.45) is 0. The Balaban J connectivity index is 2.08. The molecule has 0 aliphatic carbocycles. The molecule has 1 aromatic heterocycles. The lowest BCUT2D eigenvalue weighted by Crippen LogP contribution is -1.86. The van der Waals surface area contributed by atoms with Crippen LogP contribution in [0.15, 0.2) is 83.3 Å². The standard InChI is InChI=1S/C21H14O3/c22-18-12-11-16-17(14-7-3-1-4-8-14)13-19(24-21(16)20(18)23)15-9-5-2-6-10-15/h1-13H,(H-,22,23)/p+1. The molecule has 0 unspecified atom stereocenters. The van der Waals surface area contributed by atoms with Crippen molar-refractivity contribution in [2.75, 3.05) is 0 Å². The van der Waals surface area contributed by atoms with Gasteiger partial charge in [0.25, 0.3) is 5.75 Å². The van der Waals surface area contributed by atoms with Gasteiger partial charge < -0.3 is 10.2 Å². The van der Waals surface area contributed by atoms with Gasteiger partial charge in [0.05, 0.1) is 17.0 Å². The second kappa shape index (κ2) is 5.70. The Morgan fingerprint density at radius 3 is 1.96 bits per heavy atom. The van der Waals surface area contributed by atoms with Gasteiger partial charge in [-0.15, -0.1) is 0 Å². The van der Waals surface area contributed by atoms with Crippen LogP contribution in [0.1, 0.15) is 0 Å². The van der Waals surface area contributed by atoms with E-state index in [1.807, 2.05) is 66.7 Å². The van der Waals surface area contributed by atoms with Gasteiger partial charge in [-0.05, 0) is 29.8 Å². The predicted octanol–water partition coefficient (Wildman–Crippen LogP) is 5.46. The Bertz CT molecular complexity index is 1010. The maximum Gasteiger partial charge on any atom is 0.406 e. The molecule has 0 spiro atoms. The molecule has 0 bridgehead atoms. The molecule has 3 nitrogen and oxygen atoms in total. The third-order valence-electron chi connectivity index (χ3n) is 4.03. The fraction of sp³-hybridized carbons (Fsp3) is 0. The third kappa shape index (κ3) is 2.36. The minimum atomic E-state index is -0.248. The highest BCUT2D eigenvalue weighted by Crippen LogP contribution is 2.41. The Morgan fingerprint density at radius 2 is 1.29 bits per heavy atom. The number of hydrogen-bond acceptors (Lipinski definition) is 2. The molecule has 0 amide bonds. The van der Waals surface area contributed by atoms with E-state index in [2.05, 4.69) is 0 Å². The number of hydrogen-bond donors (Lipinski definition) is 2. The number of phenolic OH excluding ortho intramolecular Hbond substituents is 2. The Labute approximate surface area is 139 Å². The van der Waals surface area contributed by atoms with Gasteiger partial charge in [0, 0.05) is 5.56 Å². The van der Waals surface area contributed by atoms with Gasteiger partial charge in [-0.25, -0.2) is 4.42 Å². The highest BCUT2D eigenvalue weighted by atomic mass is 16.4. The summed E-state index contributed by atoms with van der Waals surface area (Å²) in [4.78, 5) is 0. The highest BCUT2D eigenvalue weighted by Gasteiger charge is 2.24. The van der Waals surface area contributed by atoms with Gasteiger partial charge >= 0.3 is 11.3 Å². The van der Waals surface area contributed by atoms with Crippen LogP contribution in [0, 0.1) is 0 Å². The molecule has 3 heteroatoms. The van der Waals surface area contributed by atoms with Gasteiger partial charge in [-0.3, -0.25) is 0 Å². The van der Waals surface area contributed by atoms with E-state index in [1.165, 1.54) is 6.07 Å². The topological polar surface area (TPSA) is 51.8 Å². The minimum Gasteiger partial charge on any atom is -0.504 e. The molecule has 3 aromatic carbocycles. The molecule has 4 aromatic rings. The molecule has 0 aliphatic rings. The molecule has 1 heterocycles. The molecule has 0 fully saturated rings. The van der Waals surface area contributed by atoms with Gasteiger partial charge in [-0.1, -0.05) is 48.5 Å². The molecule has 0 atom stereocenters. The zero-order valence-electron chi connectivity index (χ0n) is 12.8. The lowest BCUT2D eigenvalue weighted by atomic mass is 9.99. The zero-order chi connectivity index (χ0) is 16.5. The van der Waals surface area contributed by atoms with Crippen LogP contribution in [-0.2, 0) is 0 Å². The summed E-state index contributed by atoms with van der Waals surface area (Å²) in [5.74, 6) is 0.181. The lowest BCUT2D eigenvalue weighted by molar-refractivity contribution is 0.400. The van der Waals surface area contributed by atoms with Crippen molar-refractivity contribution in [1.29, 1.82) is 0 Å². The molecule has 0 aliphatic heterocycles. The quantitative estimate of drug-likeness (QED) is 0.381. The normalized spacial score (nSPS) is 10.8. The van der Waals surface area contributed by atoms with Crippen LogP contribution in [-0.4, -0.2) is 10.2 Å². The van der Waals surface area contributed by atoms with Crippen molar-refractivity contribution in [3.63, 3.8) is 0 Å². The summed E-state index contributed by atoms with van der Waals surface area (Å²) in [6.45, 7) is 0. The first-order valence-electron chi connectivity index (χ1n) is 7.66. The first-order valence-corrected chi connectivity index (χ1v) is 7.66. The van der Waals surface area contributed by atoms with Crippen LogP contribution in [0.5, 0.6) is 11.5 Å². The van der Waals surface area contributed by atoms with Crippen molar-refractivity contribution in [2.24, 2.45) is 0 Å². The van der Waals surface area contributed by atoms with Crippen LogP contribution < -0.4 is 0 Å². The van der Waals surface area contributed by atoms with Crippen molar-refractivity contribution in [3.05, 3.63) is 78.9 Å². The molecule has 0 radical (unpaired) electrons. The summed E-state index contributed by atoms with van der Waals surface area (Å²) < 4.78 is 5.91. The zero-order valence-corrected chi connectivity index (χ0v) is 12.8. The van der Waals surface area contributed by atoms with Crippen LogP contribution >= 0.6 is 0 Å². The first-order chi connectivity index (χ1) is 11.7. The van der Waals surface area contributed by atoms with Crippen LogP contribution in [0.25, 0.3) is 33.4 Å². The van der Waals surface area contributed by atoms with E-state index in [-0.39, 0.29) is 17.1 Å². The summed E-state index contributed by atoms with van der Waals surface area (Å²) >= 11 is 0. The number of aromatic hydroxyl groups is 2. The molecule has 116 valence electrons. The van der Waals surface area contributed by atoms with Crippen molar-refractivity contribution in [2.45, 2.75) is 0 Å². The summed E-state index contributed by atoms with van der Waals surface area (Å²) in [5.41, 5.74) is 3.13. The number of rotatable bonds is 2. The maximum atomic E-state index is 10.3. The number of phenols is 2. The van der Waals surface area contributed by atoms with Gasteiger partial charge in [0.2, 0.25) is 0 Å². The highest BCUT2D eigenvalue weighted by molar-refractivity contribution is 5.98. The Morgan fingerprint density at radius 1 is 0.667 bits per heavy atom. The molecule has 4 rings (SSSR count). The molecular formula is C21H15O3+. The second-order valence-electron chi connectivity index (χ2n) is 5.57. The van der Waals surface area contributed by atoms with Crippen molar-refractivity contribution in [1.82, 2.24) is 0 Å². The van der Waals surface area contributed by atoms with E-state index in [0.29, 0.717) is 5.76 Å². The van der Waals surface area contributed by atoms with Gasteiger partial charge in [0.15, 0.2) is 5.75 Å². The fourth-order valence-electron chi connectivity index (χ4n) is 2.83. The Kier molecular flexibility index (Phi) is 3.39. The average molecular weight is 315 g/mol. The monoisotopic (exact) mass is 315 g/mol. The van der Waals surface area contributed by atoms with Crippen molar-refractivity contribution in [3.8, 4) is 33.9 Å². The summed E-state index contributed by atoms with van der Waals surface area (Å²) in [5, 5.41) is 20.8. The van der Waals surface area contributed by atoms with Crippen LogP contribution in [0.3, 0.4) is 0 Å². The van der Waals surface area contributed by atoms with E-state index in [4.69, 9.17) is 4.42 Å². The smallest absolute Gasteiger partial charge is 0.406 e. The van der Waals surface area contributed by atoms with E-state index >= 15 is 0 Å². The SMILES string of the molecule is Oc1ccc2c(-c3ccccc3)cc(-c3ccccc3)[o+]c2c1O. The molecule has 2 N–H and O–H groups in total. The van der Waals surface area contributed by atoms with E-state index < -0.39 is 0 Å². The number of benzene rings is 3. The largest absolute Gasteiger partial charge is 0.504 e. The van der Waals surface area contributed by atoms with Crippen LogP contribution in [0.4, 0.5) is 0 Å². The average Bonchev–Trinajstić information content (AvgIpc) is 2.65. The third-order valence-corrected chi connectivity index (χ3v) is 4.03. The fourth-order valence-corrected chi connectivity index (χ4v) is 2.83. The second-order valence-corrected chi connectivity index (χ2v) is 5.57. The lowest BCUT2D eigenvalue weighted by Gasteiger charge is -2.05. The van der Waals surface area contributed by atoms with E-state index in [0.717, 1.165) is 22.1 Å². The predicted molar refractivity (Wildman–Crippen MR) is 94.8 cm³/mol. The van der Waals surface area contributed by atoms with E-state index in [1.54, 1.807) is 6.07 Å². The minimum absolute atomic E-state index is 0.199. The van der Waals surface area contributed by atoms with Gasteiger partial charge in [0.1, 0.15) is 0 Å². The van der Waals surface area contributed by atoms with Crippen molar-refractivity contribution < 1.29 is 14.6 Å². The number of fused-ring (bicyclic) bond motifs is 1. The van der Waals surface area contributed by atoms with Gasteiger partial charge in [-0.2, -0.15) is 0 Å². The van der Waals surface area contributed by atoms with E-state index in [9.17, 15) is 10.2 Å². The molecular weight excluding hydrogens is 300 g/mol. The van der Waals surface area contributed by atoms with Crippen LogP contribution in [0.2, 0.25) is 0 Å². The Hall–Kier alpha value is -3.33. The molecule has 24 heavy (non-hydrogen) atoms. The maximum absolute atomic E-state index is 10.3. The summed E-state index contributed by atoms with van der Waals surface area (Å²) in [6, 6.07) is 24.8. The molecule has 0 saturated heterocycles. The molecule has 0 saturated carbocycles.